The molecule has 3 nitrogen and oxygen atoms in total. The second-order valence-corrected chi connectivity index (χ2v) is 3.24. The van der Waals surface area contributed by atoms with Crippen LogP contribution in [0, 0.1) is 0 Å². The molecule has 3 rings (SSSR count). The maximum Gasteiger partial charge on any atom is 0.230 e. The predicted octanol–water partition coefficient (Wildman–Crippen LogP) is 1.81. The number of anilines is 1. The van der Waals surface area contributed by atoms with Crippen molar-refractivity contribution in [1.82, 2.24) is 0 Å². The van der Waals surface area contributed by atoms with Gasteiger partial charge in [0.05, 0.1) is 5.69 Å². The number of fused-ring (bicyclic) bond motifs is 3. The molecule has 0 radical (unpaired) electrons. The first-order valence-corrected chi connectivity index (χ1v) is 4.58. The van der Waals surface area contributed by atoms with Crippen molar-refractivity contribution in [3.63, 3.8) is 0 Å². The zero-order chi connectivity index (χ0) is 9.38. The molecule has 0 fully saturated rings. The van der Waals surface area contributed by atoms with Crippen LogP contribution in [-0.4, -0.2) is 18.7 Å². The first-order chi connectivity index (χ1) is 6.95. The summed E-state index contributed by atoms with van der Waals surface area (Å²) < 4.78 is 0. The van der Waals surface area contributed by atoms with E-state index in [0.717, 1.165) is 18.1 Å². The molecule has 68 valence electrons. The number of nitrogens with zero attached hydrogens (tertiary/aromatic N) is 3. The predicted molar refractivity (Wildman–Crippen MR) is 58.0 cm³/mol. The average molecular weight is 183 g/mol. The second kappa shape index (κ2) is 2.80. The SMILES string of the molecule is C1=CN=C2N=Cc3ccccc3N2C1. The minimum atomic E-state index is 0.784. The van der Waals surface area contributed by atoms with Gasteiger partial charge in [0, 0.05) is 24.5 Å². The van der Waals surface area contributed by atoms with Crippen LogP contribution in [-0.2, 0) is 0 Å². The van der Waals surface area contributed by atoms with Crippen molar-refractivity contribution >= 4 is 17.9 Å². The first-order valence-electron chi connectivity index (χ1n) is 4.58. The Balaban J connectivity index is 2.18. The molecule has 0 unspecified atom stereocenters. The summed E-state index contributed by atoms with van der Waals surface area (Å²) >= 11 is 0. The van der Waals surface area contributed by atoms with Crippen LogP contribution in [0.15, 0.2) is 46.5 Å². The summed E-state index contributed by atoms with van der Waals surface area (Å²) in [6.07, 6.45) is 5.70. The molecule has 0 N–H and O–H groups in total. The normalized spacial score (nSPS) is 17.4. The van der Waals surface area contributed by atoms with Gasteiger partial charge >= 0.3 is 0 Å². The van der Waals surface area contributed by atoms with Crippen molar-refractivity contribution in [3.8, 4) is 0 Å². The number of hydrogen-bond acceptors (Lipinski definition) is 3. The van der Waals surface area contributed by atoms with Crippen LogP contribution in [0.5, 0.6) is 0 Å². The number of aliphatic imine (C=N–C) groups is 2. The van der Waals surface area contributed by atoms with E-state index in [9.17, 15) is 0 Å². The van der Waals surface area contributed by atoms with Crippen LogP contribution in [0.25, 0.3) is 0 Å². The smallest absolute Gasteiger partial charge is 0.230 e. The molecule has 0 atom stereocenters. The highest BCUT2D eigenvalue weighted by Gasteiger charge is 2.19. The summed E-state index contributed by atoms with van der Waals surface area (Å²) in [5, 5.41) is 0. The monoisotopic (exact) mass is 183 g/mol. The third kappa shape index (κ3) is 0.988. The summed E-state index contributed by atoms with van der Waals surface area (Å²) in [6, 6.07) is 8.21. The van der Waals surface area contributed by atoms with E-state index in [-0.39, 0.29) is 0 Å². The third-order valence-electron chi connectivity index (χ3n) is 2.37. The van der Waals surface area contributed by atoms with Gasteiger partial charge in [0.15, 0.2) is 0 Å². The molecule has 2 heterocycles. The Hall–Kier alpha value is -1.90. The number of benzene rings is 1. The molecule has 0 spiro atoms. The second-order valence-electron chi connectivity index (χ2n) is 3.24. The molecule has 0 saturated carbocycles. The first kappa shape index (κ1) is 7.50. The van der Waals surface area contributed by atoms with Crippen molar-refractivity contribution in [2.75, 3.05) is 11.4 Å². The fourth-order valence-corrected chi connectivity index (χ4v) is 1.70. The fraction of sp³-hybridized carbons (Fsp3) is 0.0909. The van der Waals surface area contributed by atoms with Crippen molar-refractivity contribution in [3.05, 3.63) is 42.1 Å². The number of hydrogen-bond donors (Lipinski definition) is 0. The lowest BCUT2D eigenvalue weighted by molar-refractivity contribution is 1.07. The summed E-state index contributed by atoms with van der Waals surface area (Å²) in [5.74, 6) is 0.784. The van der Waals surface area contributed by atoms with Crippen LogP contribution >= 0.6 is 0 Å². The van der Waals surface area contributed by atoms with Crippen LogP contribution in [0.4, 0.5) is 5.69 Å². The lowest BCUT2D eigenvalue weighted by Gasteiger charge is -2.28. The van der Waals surface area contributed by atoms with Crippen LogP contribution < -0.4 is 4.90 Å². The Kier molecular flexibility index (Phi) is 1.50. The highest BCUT2D eigenvalue weighted by atomic mass is 15.3. The summed E-state index contributed by atoms with van der Waals surface area (Å²) in [6.45, 7) is 0.854. The maximum absolute atomic E-state index is 4.29. The highest BCUT2D eigenvalue weighted by molar-refractivity contribution is 6.11. The Morgan fingerprint density at radius 2 is 2.14 bits per heavy atom. The van der Waals surface area contributed by atoms with Gasteiger partial charge in [-0.15, -0.1) is 0 Å². The third-order valence-corrected chi connectivity index (χ3v) is 2.37. The van der Waals surface area contributed by atoms with Gasteiger partial charge in [-0.05, 0) is 12.1 Å². The molecule has 2 aliphatic heterocycles. The molecule has 14 heavy (non-hydrogen) atoms. The van der Waals surface area contributed by atoms with Crippen LogP contribution in [0.2, 0.25) is 0 Å². The molecule has 0 saturated heterocycles. The van der Waals surface area contributed by atoms with E-state index < -0.39 is 0 Å². The highest BCUT2D eigenvalue weighted by Crippen LogP contribution is 2.24. The zero-order valence-corrected chi connectivity index (χ0v) is 7.59. The van der Waals surface area contributed by atoms with E-state index in [4.69, 9.17) is 0 Å². The van der Waals surface area contributed by atoms with Crippen molar-refractivity contribution in [2.24, 2.45) is 9.98 Å². The van der Waals surface area contributed by atoms with E-state index in [1.54, 1.807) is 6.20 Å². The van der Waals surface area contributed by atoms with Crippen molar-refractivity contribution in [2.45, 2.75) is 0 Å². The van der Waals surface area contributed by atoms with Gasteiger partial charge in [-0.2, -0.15) is 0 Å². The minimum absolute atomic E-state index is 0.784. The molecule has 0 aromatic heterocycles. The molecular formula is C11H9N3. The van der Waals surface area contributed by atoms with Crippen LogP contribution in [0.3, 0.4) is 0 Å². The fourth-order valence-electron chi connectivity index (χ4n) is 1.70. The summed E-state index contributed by atoms with van der Waals surface area (Å²) in [7, 11) is 0. The van der Waals surface area contributed by atoms with Gasteiger partial charge in [-0.3, -0.25) is 0 Å². The van der Waals surface area contributed by atoms with Crippen molar-refractivity contribution < 1.29 is 0 Å². The van der Waals surface area contributed by atoms with Gasteiger partial charge in [-0.1, -0.05) is 18.2 Å². The Bertz CT molecular complexity index is 457. The number of para-hydroxylation sites is 1. The Morgan fingerprint density at radius 3 is 3.14 bits per heavy atom. The summed E-state index contributed by atoms with van der Waals surface area (Å²) in [5.41, 5.74) is 2.34. The summed E-state index contributed by atoms with van der Waals surface area (Å²) in [4.78, 5) is 10.6. The Morgan fingerprint density at radius 1 is 1.21 bits per heavy atom. The quantitative estimate of drug-likeness (QED) is 0.602. The van der Waals surface area contributed by atoms with Gasteiger partial charge in [0.1, 0.15) is 0 Å². The molecule has 1 aromatic rings. The molecular weight excluding hydrogens is 174 g/mol. The van der Waals surface area contributed by atoms with E-state index in [1.165, 1.54) is 5.69 Å². The van der Waals surface area contributed by atoms with E-state index in [0.29, 0.717) is 0 Å². The molecule has 3 heteroatoms. The van der Waals surface area contributed by atoms with Gasteiger partial charge in [0.2, 0.25) is 5.96 Å². The molecule has 0 amide bonds. The Labute approximate surface area is 82.1 Å². The number of rotatable bonds is 0. The van der Waals surface area contributed by atoms with E-state index >= 15 is 0 Å². The lowest BCUT2D eigenvalue weighted by atomic mass is 10.1. The standard InChI is InChI=1S/C11H9N3/c1-2-5-10-9(4-1)8-13-11-12-6-3-7-14(10)11/h1-6,8H,7H2. The van der Waals surface area contributed by atoms with Gasteiger partial charge in [0.25, 0.3) is 0 Å². The molecule has 0 aliphatic carbocycles. The molecule has 0 bridgehead atoms. The maximum atomic E-state index is 4.29. The minimum Gasteiger partial charge on any atom is -0.306 e. The van der Waals surface area contributed by atoms with Crippen molar-refractivity contribution in [1.29, 1.82) is 0 Å². The largest absolute Gasteiger partial charge is 0.306 e. The lowest BCUT2D eigenvalue weighted by Crippen LogP contribution is -2.34. The topological polar surface area (TPSA) is 28.0 Å². The number of guanidine groups is 1. The zero-order valence-electron chi connectivity index (χ0n) is 7.59. The average Bonchev–Trinajstić information content (AvgIpc) is 2.29. The van der Waals surface area contributed by atoms with Crippen LogP contribution in [0.1, 0.15) is 5.56 Å². The van der Waals surface area contributed by atoms with Gasteiger partial charge in [-0.25, -0.2) is 9.98 Å². The van der Waals surface area contributed by atoms with Gasteiger partial charge < -0.3 is 4.90 Å². The molecule has 2 aliphatic rings. The molecule has 1 aromatic carbocycles. The van der Waals surface area contributed by atoms with E-state index in [1.807, 2.05) is 24.4 Å². The van der Waals surface area contributed by atoms with E-state index in [2.05, 4.69) is 27.0 Å².